The third kappa shape index (κ3) is 5.82. The maximum absolute atomic E-state index is 14.5. The van der Waals surface area contributed by atoms with E-state index in [9.17, 15) is 9.18 Å². The number of methoxy groups -OCH3 is 1. The number of nitrogens with one attached hydrogen (secondary N) is 2. The summed E-state index contributed by atoms with van der Waals surface area (Å²) in [4.78, 5) is 16.3. The summed E-state index contributed by atoms with van der Waals surface area (Å²) in [5, 5.41) is 5.94. The maximum Gasteiger partial charge on any atom is 0.319 e. The first-order valence-corrected chi connectivity index (χ1v) is 10.0. The van der Waals surface area contributed by atoms with Crippen LogP contribution in [-0.2, 0) is 4.74 Å². The molecule has 1 heterocycles. The highest BCUT2D eigenvalue weighted by Crippen LogP contribution is 2.33. The standard InChI is InChI=1S/C23H26FN3O4/c1-4-30-11-5-9-26-23(28)27-19-7-6-16(13-18(19)24)31-21-8-10-25-20-14-22(29-3)15(2)12-17(20)21/h6-8,10,12-14H,4-5,9,11H2,1-3H3,(H2,26,27,28). The molecular formula is C23H26FN3O4. The van der Waals surface area contributed by atoms with Gasteiger partial charge in [-0.25, -0.2) is 9.18 Å². The van der Waals surface area contributed by atoms with Crippen molar-refractivity contribution in [3.8, 4) is 17.2 Å². The second kappa shape index (κ2) is 10.6. The van der Waals surface area contributed by atoms with E-state index in [2.05, 4.69) is 15.6 Å². The van der Waals surface area contributed by atoms with Crippen molar-refractivity contribution in [1.82, 2.24) is 10.3 Å². The van der Waals surface area contributed by atoms with Crippen molar-refractivity contribution >= 4 is 22.6 Å². The zero-order chi connectivity index (χ0) is 22.2. The third-order valence-corrected chi connectivity index (χ3v) is 4.59. The number of nitrogens with zero attached hydrogens (tertiary/aromatic N) is 1. The average Bonchev–Trinajstić information content (AvgIpc) is 2.75. The van der Waals surface area contributed by atoms with Gasteiger partial charge >= 0.3 is 6.03 Å². The monoisotopic (exact) mass is 427 g/mol. The molecule has 0 spiro atoms. The molecule has 0 bridgehead atoms. The number of rotatable bonds is 9. The number of anilines is 1. The Morgan fingerprint density at radius 3 is 2.74 bits per heavy atom. The molecule has 8 heteroatoms. The normalized spacial score (nSPS) is 10.7. The molecule has 0 aliphatic heterocycles. The summed E-state index contributed by atoms with van der Waals surface area (Å²) in [6.07, 6.45) is 2.30. The summed E-state index contributed by atoms with van der Waals surface area (Å²) in [5.41, 5.74) is 1.71. The SMILES string of the molecule is CCOCCCNC(=O)Nc1ccc(Oc2ccnc3cc(OC)c(C)cc23)cc1F. The van der Waals surface area contributed by atoms with Crippen molar-refractivity contribution in [2.75, 3.05) is 32.2 Å². The van der Waals surface area contributed by atoms with Gasteiger partial charge in [0, 0.05) is 43.5 Å². The molecule has 0 saturated heterocycles. The van der Waals surface area contributed by atoms with Gasteiger partial charge in [-0.15, -0.1) is 0 Å². The lowest BCUT2D eigenvalue weighted by Gasteiger charge is -2.13. The van der Waals surface area contributed by atoms with Crippen molar-refractivity contribution in [2.45, 2.75) is 20.3 Å². The topological polar surface area (TPSA) is 81.7 Å². The fraction of sp³-hybridized carbons (Fsp3) is 0.304. The molecule has 0 radical (unpaired) electrons. The number of fused-ring (bicyclic) bond motifs is 1. The quantitative estimate of drug-likeness (QED) is 0.468. The van der Waals surface area contributed by atoms with Gasteiger partial charge in [0.1, 0.15) is 23.1 Å². The largest absolute Gasteiger partial charge is 0.496 e. The molecule has 0 aliphatic rings. The molecule has 0 atom stereocenters. The third-order valence-electron chi connectivity index (χ3n) is 4.59. The number of aromatic nitrogens is 1. The number of ether oxygens (including phenoxy) is 3. The molecule has 0 unspecified atom stereocenters. The molecule has 2 aromatic carbocycles. The van der Waals surface area contributed by atoms with E-state index in [1.165, 1.54) is 12.1 Å². The minimum Gasteiger partial charge on any atom is -0.496 e. The fourth-order valence-corrected chi connectivity index (χ4v) is 3.04. The van der Waals surface area contributed by atoms with E-state index in [0.717, 1.165) is 16.7 Å². The Labute approximate surface area is 180 Å². The van der Waals surface area contributed by atoms with Gasteiger partial charge in [0.05, 0.1) is 18.3 Å². The lowest BCUT2D eigenvalue weighted by Crippen LogP contribution is -2.30. The molecule has 3 aromatic rings. The van der Waals surface area contributed by atoms with E-state index in [1.54, 1.807) is 25.4 Å². The number of urea groups is 1. The predicted octanol–water partition coefficient (Wildman–Crippen LogP) is 5.03. The molecule has 0 saturated carbocycles. The van der Waals surface area contributed by atoms with E-state index in [1.807, 2.05) is 26.0 Å². The minimum absolute atomic E-state index is 0.0647. The number of benzene rings is 2. The highest BCUT2D eigenvalue weighted by atomic mass is 19.1. The van der Waals surface area contributed by atoms with Crippen LogP contribution in [-0.4, -0.2) is 37.9 Å². The van der Waals surface area contributed by atoms with Crippen LogP contribution in [0.15, 0.2) is 42.6 Å². The lowest BCUT2D eigenvalue weighted by atomic mass is 10.1. The summed E-state index contributed by atoms with van der Waals surface area (Å²) in [6.45, 7) is 5.47. The summed E-state index contributed by atoms with van der Waals surface area (Å²) in [7, 11) is 1.61. The Hall–Kier alpha value is -3.39. The van der Waals surface area contributed by atoms with Gasteiger partial charge in [0.15, 0.2) is 0 Å². The Bertz CT molecular complexity index is 1060. The Morgan fingerprint density at radius 2 is 2.00 bits per heavy atom. The number of aryl methyl sites for hydroxylation is 1. The Morgan fingerprint density at radius 1 is 1.16 bits per heavy atom. The number of carbonyl (C=O) groups is 1. The smallest absolute Gasteiger partial charge is 0.319 e. The van der Waals surface area contributed by atoms with Crippen molar-refractivity contribution in [3.63, 3.8) is 0 Å². The van der Waals surface area contributed by atoms with Gasteiger partial charge in [0.2, 0.25) is 0 Å². The first-order valence-electron chi connectivity index (χ1n) is 10.0. The summed E-state index contributed by atoms with van der Waals surface area (Å²) in [6, 6.07) is 9.27. The van der Waals surface area contributed by atoms with Crippen LogP contribution in [0.3, 0.4) is 0 Å². The van der Waals surface area contributed by atoms with Crippen molar-refractivity contribution in [1.29, 1.82) is 0 Å². The second-order valence-corrected chi connectivity index (χ2v) is 6.82. The molecule has 164 valence electrons. The Kier molecular flexibility index (Phi) is 7.61. The molecule has 2 N–H and O–H groups in total. The van der Waals surface area contributed by atoms with Crippen LogP contribution >= 0.6 is 0 Å². The number of halogens is 1. The van der Waals surface area contributed by atoms with Gasteiger partial charge in [-0.3, -0.25) is 4.98 Å². The van der Waals surface area contributed by atoms with Crippen LogP contribution in [0.2, 0.25) is 0 Å². The number of carbonyl (C=O) groups excluding carboxylic acids is 1. The van der Waals surface area contributed by atoms with Gasteiger partial charge in [-0.1, -0.05) is 0 Å². The van der Waals surface area contributed by atoms with E-state index < -0.39 is 11.8 Å². The van der Waals surface area contributed by atoms with Crippen LogP contribution in [0.5, 0.6) is 17.2 Å². The molecular weight excluding hydrogens is 401 g/mol. The molecule has 1 aromatic heterocycles. The summed E-state index contributed by atoms with van der Waals surface area (Å²) >= 11 is 0. The molecule has 0 aliphatic carbocycles. The summed E-state index contributed by atoms with van der Waals surface area (Å²) < 4.78 is 30.9. The number of amides is 2. The Balaban J connectivity index is 1.68. The van der Waals surface area contributed by atoms with Crippen molar-refractivity contribution in [3.05, 3.63) is 54.0 Å². The lowest BCUT2D eigenvalue weighted by molar-refractivity contribution is 0.145. The van der Waals surface area contributed by atoms with Gasteiger partial charge < -0.3 is 24.8 Å². The maximum atomic E-state index is 14.5. The van der Waals surface area contributed by atoms with E-state index in [0.29, 0.717) is 43.2 Å². The van der Waals surface area contributed by atoms with Crippen LogP contribution in [0.4, 0.5) is 14.9 Å². The van der Waals surface area contributed by atoms with Gasteiger partial charge in [0.25, 0.3) is 0 Å². The van der Waals surface area contributed by atoms with Crippen molar-refractivity contribution in [2.24, 2.45) is 0 Å². The average molecular weight is 427 g/mol. The van der Waals surface area contributed by atoms with Crippen molar-refractivity contribution < 1.29 is 23.4 Å². The van der Waals surface area contributed by atoms with Crippen LogP contribution in [0, 0.1) is 12.7 Å². The molecule has 31 heavy (non-hydrogen) atoms. The fourth-order valence-electron chi connectivity index (χ4n) is 3.04. The second-order valence-electron chi connectivity index (χ2n) is 6.82. The molecule has 3 rings (SSSR count). The molecule has 7 nitrogen and oxygen atoms in total. The van der Waals surface area contributed by atoms with E-state index in [-0.39, 0.29) is 5.69 Å². The van der Waals surface area contributed by atoms with E-state index >= 15 is 0 Å². The first-order chi connectivity index (χ1) is 15.0. The van der Waals surface area contributed by atoms with Crippen LogP contribution < -0.4 is 20.1 Å². The number of hydrogen-bond acceptors (Lipinski definition) is 5. The van der Waals surface area contributed by atoms with Crippen LogP contribution in [0.25, 0.3) is 10.9 Å². The zero-order valence-corrected chi connectivity index (χ0v) is 17.8. The molecule has 2 amide bonds. The first kappa shape index (κ1) is 22.3. The highest BCUT2D eigenvalue weighted by Gasteiger charge is 2.11. The van der Waals surface area contributed by atoms with Crippen LogP contribution in [0.1, 0.15) is 18.9 Å². The number of hydrogen-bond donors (Lipinski definition) is 2. The minimum atomic E-state index is -0.599. The number of pyridine rings is 1. The summed E-state index contributed by atoms with van der Waals surface area (Å²) in [5.74, 6) is 0.983. The predicted molar refractivity (Wildman–Crippen MR) is 118 cm³/mol. The van der Waals surface area contributed by atoms with E-state index in [4.69, 9.17) is 14.2 Å². The van der Waals surface area contributed by atoms with Gasteiger partial charge in [-0.05, 0) is 50.1 Å². The highest BCUT2D eigenvalue weighted by molar-refractivity contribution is 5.89. The zero-order valence-electron chi connectivity index (χ0n) is 17.8. The molecule has 0 fully saturated rings. The van der Waals surface area contributed by atoms with Gasteiger partial charge in [-0.2, -0.15) is 0 Å².